The van der Waals surface area contributed by atoms with Crippen LogP contribution in [0.4, 0.5) is 15.8 Å². The summed E-state index contributed by atoms with van der Waals surface area (Å²) in [6.45, 7) is -0.110. The zero-order chi connectivity index (χ0) is 22.6. The molecule has 0 radical (unpaired) electrons. The summed E-state index contributed by atoms with van der Waals surface area (Å²) in [5, 5.41) is 3.12. The van der Waals surface area contributed by atoms with E-state index in [0.29, 0.717) is 27.6 Å². The van der Waals surface area contributed by atoms with E-state index in [4.69, 9.17) is 16.3 Å². The number of methoxy groups -OCH3 is 1. The lowest BCUT2D eigenvalue weighted by atomic mass is 10.1. The molecule has 1 amide bonds. The molecule has 0 aliphatic carbocycles. The summed E-state index contributed by atoms with van der Waals surface area (Å²) in [6, 6.07) is 16.6. The first-order chi connectivity index (χ1) is 14.7. The van der Waals surface area contributed by atoms with Crippen LogP contribution in [-0.4, -0.2) is 27.7 Å². The third-order valence-electron chi connectivity index (χ3n) is 4.49. The van der Waals surface area contributed by atoms with E-state index in [2.05, 4.69) is 5.32 Å². The van der Waals surface area contributed by atoms with E-state index in [1.807, 2.05) is 0 Å². The molecule has 0 saturated carbocycles. The van der Waals surface area contributed by atoms with Crippen LogP contribution in [-0.2, 0) is 16.6 Å². The van der Waals surface area contributed by atoms with E-state index in [1.54, 1.807) is 42.5 Å². The van der Waals surface area contributed by atoms with Gasteiger partial charge in [-0.3, -0.25) is 9.10 Å². The van der Waals surface area contributed by atoms with Gasteiger partial charge in [-0.1, -0.05) is 23.7 Å². The number of carbonyl (C=O) groups excluding carboxylic acids is 1. The van der Waals surface area contributed by atoms with Crippen molar-refractivity contribution in [2.24, 2.45) is 0 Å². The smallest absolute Gasteiger partial charge is 0.255 e. The van der Waals surface area contributed by atoms with Gasteiger partial charge in [0.2, 0.25) is 10.0 Å². The first-order valence-corrected chi connectivity index (χ1v) is 11.4. The van der Waals surface area contributed by atoms with E-state index >= 15 is 0 Å². The standard InChI is InChI=1S/C22H20ClFN2O4S/c1-30-21-12-7-15(22(27)25-20-6-4-3-5-19(20)23)13-16(21)14-26(31(2,28)29)18-10-8-17(24)9-11-18/h3-13H,14H2,1-2H3,(H,25,27). The molecule has 0 fully saturated rings. The number of nitrogens with zero attached hydrogens (tertiary/aromatic N) is 1. The number of ether oxygens (including phenoxy) is 1. The first-order valence-electron chi connectivity index (χ1n) is 9.15. The van der Waals surface area contributed by atoms with Gasteiger partial charge in [0.15, 0.2) is 0 Å². The summed E-state index contributed by atoms with van der Waals surface area (Å²) >= 11 is 6.10. The normalized spacial score (nSPS) is 11.1. The van der Waals surface area contributed by atoms with Gasteiger partial charge in [0.05, 0.1) is 36.3 Å². The van der Waals surface area contributed by atoms with Gasteiger partial charge in [-0.15, -0.1) is 0 Å². The van der Waals surface area contributed by atoms with Crippen LogP contribution in [0, 0.1) is 5.82 Å². The highest BCUT2D eigenvalue weighted by Crippen LogP contribution is 2.27. The molecule has 1 N–H and O–H groups in total. The maximum atomic E-state index is 13.3. The number of nitrogens with one attached hydrogen (secondary N) is 1. The maximum Gasteiger partial charge on any atom is 0.255 e. The molecule has 0 aromatic heterocycles. The molecular formula is C22H20ClFN2O4S. The lowest BCUT2D eigenvalue weighted by molar-refractivity contribution is 0.102. The van der Waals surface area contributed by atoms with Gasteiger partial charge in [-0.2, -0.15) is 0 Å². The molecule has 162 valence electrons. The van der Waals surface area contributed by atoms with E-state index in [-0.39, 0.29) is 12.2 Å². The summed E-state index contributed by atoms with van der Waals surface area (Å²) in [6.07, 6.45) is 1.05. The van der Waals surface area contributed by atoms with Crippen molar-refractivity contribution < 1.29 is 22.3 Å². The molecule has 6 nitrogen and oxygen atoms in total. The van der Waals surface area contributed by atoms with Gasteiger partial charge in [0.1, 0.15) is 11.6 Å². The van der Waals surface area contributed by atoms with Crippen molar-refractivity contribution in [3.8, 4) is 5.75 Å². The van der Waals surface area contributed by atoms with Crippen molar-refractivity contribution in [3.63, 3.8) is 0 Å². The summed E-state index contributed by atoms with van der Waals surface area (Å²) in [7, 11) is -2.25. The molecule has 0 spiro atoms. The molecule has 3 aromatic carbocycles. The van der Waals surface area contributed by atoms with E-state index in [9.17, 15) is 17.6 Å². The average molecular weight is 463 g/mol. The molecule has 0 heterocycles. The third-order valence-corrected chi connectivity index (χ3v) is 5.96. The molecular weight excluding hydrogens is 443 g/mol. The monoisotopic (exact) mass is 462 g/mol. The lowest BCUT2D eigenvalue weighted by Crippen LogP contribution is -2.29. The molecule has 0 aliphatic heterocycles. The predicted molar refractivity (Wildman–Crippen MR) is 120 cm³/mol. The van der Waals surface area contributed by atoms with Crippen LogP contribution >= 0.6 is 11.6 Å². The number of para-hydroxylation sites is 1. The van der Waals surface area contributed by atoms with E-state index < -0.39 is 21.7 Å². The molecule has 0 atom stereocenters. The Hall–Kier alpha value is -3.10. The number of hydrogen-bond donors (Lipinski definition) is 1. The largest absolute Gasteiger partial charge is 0.496 e. The SMILES string of the molecule is COc1ccc(C(=O)Nc2ccccc2Cl)cc1CN(c1ccc(F)cc1)S(C)(=O)=O. The van der Waals surface area contributed by atoms with Crippen molar-refractivity contribution in [2.45, 2.75) is 6.54 Å². The molecule has 3 rings (SSSR count). The topological polar surface area (TPSA) is 75.7 Å². The summed E-state index contributed by atoms with van der Waals surface area (Å²) in [5.74, 6) is -0.484. The molecule has 9 heteroatoms. The van der Waals surface area contributed by atoms with Crippen LogP contribution in [0.5, 0.6) is 5.75 Å². The summed E-state index contributed by atoms with van der Waals surface area (Å²) in [4.78, 5) is 12.7. The number of carbonyl (C=O) groups is 1. The van der Waals surface area contributed by atoms with Gasteiger partial charge in [0.25, 0.3) is 5.91 Å². The fraction of sp³-hybridized carbons (Fsp3) is 0.136. The van der Waals surface area contributed by atoms with Gasteiger partial charge in [-0.05, 0) is 54.6 Å². The Labute approximate surface area is 185 Å². The minimum absolute atomic E-state index is 0.110. The van der Waals surface area contributed by atoms with Crippen LogP contribution in [0.1, 0.15) is 15.9 Å². The fourth-order valence-electron chi connectivity index (χ4n) is 2.96. The molecule has 0 saturated heterocycles. The summed E-state index contributed by atoms with van der Waals surface area (Å²) < 4.78 is 44.6. The molecule has 31 heavy (non-hydrogen) atoms. The Morgan fingerprint density at radius 1 is 1.10 bits per heavy atom. The molecule has 0 bridgehead atoms. The molecule has 0 unspecified atom stereocenters. The van der Waals surface area contributed by atoms with Crippen molar-refractivity contribution in [2.75, 3.05) is 23.0 Å². The number of benzene rings is 3. The van der Waals surface area contributed by atoms with Crippen molar-refractivity contribution in [1.29, 1.82) is 0 Å². The Morgan fingerprint density at radius 2 is 1.77 bits per heavy atom. The number of amides is 1. The van der Waals surface area contributed by atoms with Crippen LogP contribution in [0.2, 0.25) is 5.02 Å². The molecule has 3 aromatic rings. The zero-order valence-electron chi connectivity index (χ0n) is 16.8. The molecule has 0 aliphatic rings. The van der Waals surface area contributed by atoms with Crippen LogP contribution < -0.4 is 14.4 Å². The Kier molecular flexibility index (Phi) is 6.82. The number of rotatable bonds is 7. The number of hydrogen-bond acceptors (Lipinski definition) is 4. The van der Waals surface area contributed by atoms with Crippen molar-refractivity contribution in [3.05, 3.63) is 88.7 Å². The Bertz CT molecular complexity index is 1200. The second-order valence-corrected chi connectivity index (χ2v) is 9.02. The van der Waals surface area contributed by atoms with E-state index in [0.717, 1.165) is 10.6 Å². The highest BCUT2D eigenvalue weighted by atomic mass is 35.5. The summed E-state index contributed by atoms with van der Waals surface area (Å²) in [5.41, 5.74) is 1.50. The Morgan fingerprint density at radius 3 is 2.39 bits per heavy atom. The van der Waals surface area contributed by atoms with Gasteiger partial charge in [0, 0.05) is 11.1 Å². The second kappa shape index (κ2) is 9.36. The fourth-order valence-corrected chi connectivity index (χ4v) is 4.02. The van der Waals surface area contributed by atoms with Gasteiger partial charge >= 0.3 is 0 Å². The zero-order valence-corrected chi connectivity index (χ0v) is 18.4. The highest BCUT2D eigenvalue weighted by Gasteiger charge is 2.21. The van der Waals surface area contributed by atoms with Crippen LogP contribution in [0.3, 0.4) is 0 Å². The lowest BCUT2D eigenvalue weighted by Gasteiger charge is -2.24. The average Bonchev–Trinajstić information content (AvgIpc) is 2.73. The number of anilines is 2. The van der Waals surface area contributed by atoms with Gasteiger partial charge < -0.3 is 10.1 Å². The second-order valence-electron chi connectivity index (χ2n) is 6.71. The minimum Gasteiger partial charge on any atom is -0.496 e. The quantitative estimate of drug-likeness (QED) is 0.552. The number of sulfonamides is 1. The first kappa shape index (κ1) is 22.6. The Balaban J connectivity index is 1.94. The van der Waals surface area contributed by atoms with Crippen molar-refractivity contribution in [1.82, 2.24) is 0 Å². The van der Waals surface area contributed by atoms with E-state index in [1.165, 1.54) is 31.4 Å². The minimum atomic E-state index is -3.70. The van der Waals surface area contributed by atoms with Crippen molar-refractivity contribution >= 4 is 38.9 Å². The predicted octanol–water partition coefficient (Wildman–Crippen LogP) is 4.71. The van der Waals surface area contributed by atoms with Gasteiger partial charge in [-0.25, -0.2) is 12.8 Å². The van der Waals surface area contributed by atoms with Crippen LogP contribution in [0.25, 0.3) is 0 Å². The highest BCUT2D eigenvalue weighted by molar-refractivity contribution is 7.92. The third kappa shape index (κ3) is 5.53. The maximum absolute atomic E-state index is 13.3. The number of halogens is 2. The van der Waals surface area contributed by atoms with Crippen LogP contribution in [0.15, 0.2) is 66.7 Å².